The van der Waals surface area contributed by atoms with Crippen LogP contribution in [0.2, 0.25) is 0 Å². The highest BCUT2D eigenvalue weighted by Gasteiger charge is 2.22. The first-order chi connectivity index (χ1) is 9.56. The van der Waals surface area contributed by atoms with E-state index in [1.807, 2.05) is 25.1 Å². The molecule has 5 heteroatoms. The fourth-order valence-corrected chi connectivity index (χ4v) is 3.11. The molecule has 1 aliphatic heterocycles. The smallest absolute Gasteiger partial charge is 0.224 e. The number of aryl methyl sites for hydroxylation is 1. The summed E-state index contributed by atoms with van der Waals surface area (Å²) in [5.41, 5.74) is 1.99. The monoisotopic (exact) mass is 374 g/mol. The number of carbonyl (C=O) groups excluding carboxylic acids is 1. The van der Waals surface area contributed by atoms with E-state index in [4.69, 9.17) is 0 Å². The summed E-state index contributed by atoms with van der Waals surface area (Å²) in [6, 6.07) is 5.95. The summed E-state index contributed by atoms with van der Waals surface area (Å²) in [5.74, 6) is 1.16. The van der Waals surface area contributed by atoms with Crippen molar-refractivity contribution in [2.75, 3.05) is 18.4 Å². The molecule has 1 amide bonds. The van der Waals surface area contributed by atoms with Crippen LogP contribution < -0.4 is 10.6 Å². The molecule has 2 atom stereocenters. The second-order valence-corrected chi connectivity index (χ2v) is 6.71. The van der Waals surface area contributed by atoms with Gasteiger partial charge in [0.25, 0.3) is 0 Å². The average Bonchev–Trinajstić information content (AvgIpc) is 2.43. The largest absolute Gasteiger partial charge is 0.326 e. The van der Waals surface area contributed by atoms with Crippen LogP contribution >= 0.6 is 28.3 Å². The SMILES string of the molecule is Cc1ccc(Br)cc1NC(=O)CC(C)C1CCCNC1.Cl. The van der Waals surface area contributed by atoms with Gasteiger partial charge in [0.15, 0.2) is 0 Å². The van der Waals surface area contributed by atoms with Gasteiger partial charge in [-0.1, -0.05) is 28.9 Å². The number of piperidine rings is 1. The maximum atomic E-state index is 12.2. The second kappa shape index (κ2) is 8.76. The Balaban J connectivity index is 0.00000220. The molecule has 0 radical (unpaired) electrons. The van der Waals surface area contributed by atoms with Gasteiger partial charge in [-0.2, -0.15) is 0 Å². The Morgan fingerprint density at radius 1 is 1.52 bits per heavy atom. The Morgan fingerprint density at radius 2 is 2.29 bits per heavy atom. The minimum absolute atomic E-state index is 0. The lowest BCUT2D eigenvalue weighted by Crippen LogP contribution is -2.34. The normalized spacial score (nSPS) is 19.5. The van der Waals surface area contributed by atoms with Gasteiger partial charge < -0.3 is 10.6 Å². The number of amides is 1. The van der Waals surface area contributed by atoms with Crippen LogP contribution in [0.15, 0.2) is 22.7 Å². The topological polar surface area (TPSA) is 41.1 Å². The molecule has 2 rings (SSSR count). The average molecular weight is 376 g/mol. The van der Waals surface area contributed by atoms with Gasteiger partial charge in [0.1, 0.15) is 0 Å². The van der Waals surface area contributed by atoms with Crippen molar-refractivity contribution >= 4 is 39.9 Å². The van der Waals surface area contributed by atoms with Crippen molar-refractivity contribution in [2.45, 2.75) is 33.1 Å². The fourth-order valence-electron chi connectivity index (χ4n) is 2.75. The molecule has 2 N–H and O–H groups in total. The third kappa shape index (κ3) is 5.61. The molecule has 1 fully saturated rings. The van der Waals surface area contributed by atoms with Crippen molar-refractivity contribution in [2.24, 2.45) is 11.8 Å². The molecule has 0 aliphatic carbocycles. The van der Waals surface area contributed by atoms with E-state index in [2.05, 4.69) is 33.5 Å². The fraction of sp³-hybridized carbons (Fsp3) is 0.562. The van der Waals surface area contributed by atoms with E-state index in [-0.39, 0.29) is 18.3 Å². The van der Waals surface area contributed by atoms with Gasteiger partial charge >= 0.3 is 0 Å². The minimum Gasteiger partial charge on any atom is -0.326 e. The first-order valence-corrected chi connectivity index (χ1v) is 8.12. The maximum Gasteiger partial charge on any atom is 0.224 e. The molecular weight excluding hydrogens is 352 g/mol. The summed E-state index contributed by atoms with van der Waals surface area (Å²) < 4.78 is 0.989. The van der Waals surface area contributed by atoms with Crippen molar-refractivity contribution in [3.63, 3.8) is 0 Å². The predicted octanol–water partition coefficient (Wildman–Crippen LogP) is 4.14. The molecule has 1 heterocycles. The summed E-state index contributed by atoms with van der Waals surface area (Å²) in [7, 11) is 0. The zero-order chi connectivity index (χ0) is 14.5. The zero-order valence-corrected chi connectivity index (χ0v) is 15.0. The maximum absolute atomic E-state index is 12.2. The van der Waals surface area contributed by atoms with E-state index in [9.17, 15) is 4.79 Å². The molecular formula is C16H24BrClN2O. The summed E-state index contributed by atoms with van der Waals surface area (Å²) in [6.45, 7) is 6.36. The van der Waals surface area contributed by atoms with Crippen LogP contribution in [0.1, 0.15) is 31.7 Å². The van der Waals surface area contributed by atoms with Crippen LogP contribution in [0.5, 0.6) is 0 Å². The number of carbonyl (C=O) groups is 1. The number of hydrogen-bond acceptors (Lipinski definition) is 2. The van der Waals surface area contributed by atoms with Crippen LogP contribution in [-0.2, 0) is 4.79 Å². The van der Waals surface area contributed by atoms with Crippen molar-refractivity contribution < 1.29 is 4.79 Å². The highest BCUT2D eigenvalue weighted by atomic mass is 79.9. The molecule has 1 aromatic carbocycles. The number of anilines is 1. The summed E-state index contributed by atoms with van der Waals surface area (Å²) in [6.07, 6.45) is 3.05. The van der Waals surface area contributed by atoms with Crippen molar-refractivity contribution in [3.8, 4) is 0 Å². The number of rotatable bonds is 4. The Bertz CT molecular complexity index is 475. The highest BCUT2D eigenvalue weighted by molar-refractivity contribution is 9.10. The van der Waals surface area contributed by atoms with Crippen LogP contribution in [0.3, 0.4) is 0 Å². The first kappa shape index (κ1) is 18.5. The third-order valence-electron chi connectivity index (χ3n) is 4.12. The van der Waals surface area contributed by atoms with Gasteiger partial charge in [-0.3, -0.25) is 4.79 Å². The molecule has 21 heavy (non-hydrogen) atoms. The highest BCUT2D eigenvalue weighted by Crippen LogP contribution is 2.24. The summed E-state index contributed by atoms with van der Waals surface area (Å²) in [4.78, 5) is 12.2. The van der Waals surface area contributed by atoms with Crippen LogP contribution in [0.4, 0.5) is 5.69 Å². The molecule has 1 aromatic rings. The van der Waals surface area contributed by atoms with Gasteiger partial charge in [-0.05, 0) is 62.4 Å². The van der Waals surface area contributed by atoms with E-state index < -0.39 is 0 Å². The summed E-state index contributed by atoms with van der Waals surface area (Å²) >= 11 is 3.44. The van der Waals surface area contributed by atoms with Gasteiger partial charge in [0.05, 0.1) is 0 Å². The Hall–Kier alpha value is -0.580. The minimum atomic E-state index is 0. The number of nitrogens with one attached hydrogen (secondary N) is 2. The lowest BCUT2D eigenvalue weighted by Gasteiger charge is -2.28. The van der Waals surface area contributed by atoms with Crippen molar-refractivity contribution in [3.05, 3.63) is 28.2 Å². The Morgan fingerprint density at radius 3 is 2.95 bits per heavy atom. The molecule has 0 spiro atoms. The first-order valence-electron chi connectivity index (χ1n) is 7.33. The molecule has 0 bridgehead atoms. The van der Waals surface area contributed by atoms with Crippen LogP contribution in [-0.4, -0.2) is 19.0 Å². The summed E-state index contributed by atoms with van der Waals surface area (Å²) in [5, 5.41) is 6.45. The van der Waals surface area contributed by atoms with Crippen LogP contribution in [0.25, 0.3) is 0 Å². The Kier molecular flexibility index (Phi) is 7.71. The molecule has 118 valence electrons. The number of benzene rings is 1. The van der Waals surface area contributed by atoms with Crippen molar-refractivity contribution in [1.82, 2.24) is 5.32 Å². The Labute approximate surface area is 141 Å². The van der Waals surface area contributed by atoms with Crippen LogP contribution in [0, 0.1) is 18.8 Å². The molecule has 0 aromatic heterocycles. The van der Waals surface area contributed by atoms with Gasteiger partial charge in [-0.25, -0.2) is 0 Å². The van der Waals surface area contributed by atoms with E-state index in [1.165, 1.54) is 12.8 Å². The predicted molar refractivity (Wildman–Crippen MR) is 94.1 cm³/mol. The van der Waals surface area contributed by atoms with Gasteiger partial charge in [-0.15, -0.1) is 12.4 Å². The molecule has 3 nitrogen and oxygen atoms in total. The number of hydrogen-bond donors (Lipinski definition) is 2. The molecule has 2 unspecified atom stereocenters. The van der Waals surface area contributed by atoms with E-state index in [0.29, 0.717) is 18.3 Å². The molecule has 0 saturated carbocycles. The zero-order valence-electron chi connectivity index (χ0n) is 12.6. The van der Waals surface area contributed by atoms with Gasteiger partial charge in [0, 0.05) is 16.6 Å². The number of halogens is 2. The lowest BCUT2D eigenvalue weighted by atomic mass is 9.85. The van der Waals surface area contributed by atoms with E-state index >= 15 is 0 Å². The second-order valence-electron chi connectivity index (χ2n) is 5.80. The lowest BCUT2D eigenvalue weighted by molar-refractivity contribution is -0.117. The quantitative estimate of drug-likeness (QED) is 0.830. The molecule has 1 aliphatic rings. The standard InChI is InChI=1S/C16H23BrN2O.ClH/c1-11-5-6-14(17)9-15(11)19-16(20)8-12(2)13-4-3-7-18-10-13;/h5-6,9,12-13,18H,3-4,7-8,10H2,1-2H3,(H,19,20);1H. The third-order valence-corrected chi connectivity index (χ3v) is 4.61. The van der Waals surface area contributed by atoms with Crippen molar-refractivity contribution in [1.29, 1.82) is 0 Å². The van der Waals surface area contributed by atoms with E-state index in [0.717, 1.165) is 28.8 Å². The van der Waals surface area contributed by atoms with E-state index in [1.54, 1.807) is 0 Å². The van der Waals surface area contributed by atoms with Gasteiger partial charge in [0.2, 0.25) is 5.91 Å². The molecule has 1 saturated heterocycles.